The van der Waals surface area contributed by atoms with Gasteiger partial charge in [-0.05, 0) is 51.1 Å². The first-order chi connectivity index (χ1) is 13.8. The number of carbonyl (C=O) groups excluding carboxylic acids is 1. The largest absolute Gasteiger partial charge is 0.307 e. The SMILES string of the molecule is CCN(c1ccccc1)S(=O)(=O)c1cccc(C(=O)Nc2ccnn2C(C)C)c1. The van der Waals surface area contributed by atoms with Crippen molar-refractivity contribution in [3.8, 4) is 0 Å². The molecule has 1 amide bonds. The third-order valence-corrected chi connectivity index (χ3v) is 6.32. The molecule has 0 saturated carbocycles. The van der Waals surface area contributed by atoms with Gasteiger partial charge in [-0.1, -0.05) is 24.3 Å². The van der Waals surface area contributed by atoms with Crippen molar-refractivity contribution >= 4 is 27.4 Å². The number of rotatable bonds is 7. The lowest BCUT2D eigenvalue weighted by atomic mass is 10.2. The maximum Gasteiger partial charge on any atom is 0.264 e. The molecule has 3 rings (SSSR count). The lowest BCUT2D eigenvalue weighted by Gasteiger charge is -2.23. The minimum Gasteiger partial charge on any atom is -0.307 e. The summed E-state index contributed by atoms with van der Waals surface area (Å²) in [6, 6.07) is 16.7. The second kappa shape index (κ2) is 8.48. The highest BCUT2D eigenvalue weighted by Gasteiger charge is 2.24. The summed E-state index contributed by atoms with van der Waals surface area (Å²) < 4.78 is 29.4. The molecule has 1 N–H and O–H groups in total. The summed E-state index contributed by atoms with van der Waals surface area (Å²) in [6.45, 7) is 5.96. The second-order valence-corrected chi connectivity index (χ2v) is 8.60. The van der Waals surface area contributed by atoms with Gasteiger partial charge in [0.15, 0.2) is 0 Å². The van der Waals surface area contributed by atoms with Gasteiger partial charge in [-0.15, -0.1) is 0 Å². The van der Waals surface area contributed by atoms with E-state index in [2.05, 4.69) is 10.4 Å². The zero-order valence-corrected chi connectivity index (χ0v) is 17.4. The van der Waals surface area contributed by atoms with Gasteiger partial charge in [0, 0.05) is 24.2 Å². The van der Waals surface area contributed by atoms with E-state index in [-0.39, 0.29) is 23.0 Å². The Hall–Kier alpha value is -3.13. The van der Waals surface area contributed by atoms with Crippen LogP contribution in [0.25, 0.3) is 0 Å². The maximum absolute atomic E-state index is 13.2. The van der Waals surface area contributed by atoms with Gasteiger partial charge in [0.2, 0.25) is 0 Å². The zero-order chi connectivity index (χ0) is 21.0. The van der Waals surface area contributed by atoms with Gasteiger partial charge in [-0.25, -0.2) is 13.1 Å². The Balaban J connectivity index is 1.90. The summed E-state index contributed by atoms with van der Waals surface area (Å²) >= 11 is 0. The van der Waals surface area contributed by atoms with Crippen molar-refractivity contribution < 1.29 is 13.2 Å². The molecule has 0 atom stereocenters. The van der Waals surface area contributed by atoms with Crippen molar-refractivity contribution in [2.75, 3.05) is 16.2 Å². The number of para-hydroxylation sites is 1. The topological polar surface area (TPSA) is 84.3 Å². The number of nitrogens with one attached hydrogen (secondary N) is 1. The van der Waals surface area contributed by atoms with Crippen LogP contribution in [0.2, 0.25) is 0 Å². The summed E-state index contributed by atoms with van der Waals surface area (Å²) in [5.41, 5.74) is 0.831. The Kier molecular flexibility index (Phi) is 6.03. The van der Waals surface area contributed by atoms with Crippen molar-refractivity contribution in [2.24, 2.45) is 0 Å². The third kappa shape index (κ3) is 4.32. The van der Waals surface area contributed by atoms with Crippen molar-refractivity contribution in [3.05, 3.63) is 72.4 Å². The smallest absolute Gasteiger partial charge is 0.264 e. The monoisotopic (exact) mass is 412 g/mol. The molecule has 0 aliphatic carbocycles. The number of nitrogens with zero attached hydrogens (tertiary/aromatic N) is 3. The number of carbonyl (C=O) groups is 1. The van der Waals surface area contributed by atoms with Gasteiger partial charge in [0.1, 0.15) is 5.82 Å². The van der Waals surface area contributed by atoms with E-state index < -0.39 is 15.9 Å². The van der Waals surface area contributed by atoms with Gasteiger partial charge in [0.05, 0.1) is 16.8 Å². The molecule has 2 aromatic carbocycles. The molecule has 0 fully saturated rings. The molecule has 3 aromatic rings. The van der Waals surface area contributed by atoms with Crippen LogP contribution in [-0.2, 0) is 10.0 Å². The van der Waals surface area contributed by atoms with Crippen LogP contribution in [0.3, 0.4) is 0 Å². The summed E-state index contributed by atoms with van der Waals surface area (Å²) in [5.74, 6) is 0.157. The summed E-state index contributed by atoms with van der Waals surface area (Å²) in [7, 11) is -3.81. The minimum atomic E-state index is -3.81. The van der Waals surface area contributed by atoms with Gasteiger partial charge < -0.3 is 5.32 Å². The molecule has 152 valence electrons. The van der Waals surface area contributed by atoms with Gasteiger partial charge >= 0.3 is 0 Å². The lowest BCUT2D eigenvalue weighted by molar-refractivity contribution is 0.102. The number of benzene rings is 2. The first-order valence-electron chi connectivity index (χ1n) is 9.37. The van der Waals surface area contributed by atoms with Crippen LogP contribution in [0.15, 0.2) is 71.8 Å². The van der Waals surface area contributed by atoms with Crippen LogP contribution in [-0.4, -0.2) is 30.7 Å². The van der Waals surface area contributed by atoms with Crippen molar-refractivity contribution in [3.63, 3.8) is 0 Å². The van der Waals surface area contributed by atoms with E-state index >= 15 is 0 Å². The van der Waals surface area contributed by atoms with E-state index in [4.69, 9.17) is 0 Å². The van der Waals surface area contributed by atoms with Crippen molar-refractivity contribution in [1.29, 1.82) is 0 Å². The number of aromatic nitrogens is 2. The number of amides is 1. The molecule has 0 bridgehead atoms. The molecule has 0 aliphatic rings. The van der Waals surface area contributed by atoms with E-state index in [1.807, 2.05) is 19.9 Å². The number of anilines is 2. The lowest BCUT2D eigenvalue weighted by Crippen LogP contribution is -2.31. The first kappa shape index (κ1) is 20.6. The molecule has 0 saturated heterocycles. The number of hydrogen-bond donors (Lipinski definition) is 1. The minimum absolute atomic E-state index is 0.0632. The first-order valence-corrected chi connectivity index (χ1v) is 10.8. The molecule has 7 nitrogen and oxygen atoms in total. The fourth-order valence-corrected chi connectivity index (χ4v) is 4.54. The van der Waals surface area contributed by atoms with E-state index in [9.17, 15) is 13.2 Å². The number of sulfonamides is 1. The predicted molar refractivity (Wildman–Crippen MR) is 114 cm³/mol. The third-order valence-electron chi connectivity index (χ3n) is 4.42. The van der Waals surface area contributed by atoms with Crippen LogP contribution >= 0.6 is 0 Å². The van der Waals surface area contributed by atoms with Crippen LogP contribution in [0.5, 0.6) is 0 Å². The quantitative estimate of drug-likeness (QED) is 0.637. The highest BCUT2D eigenvalue weighted by molar-refractivity contribution is 7.92. The summed E-state index contributed by atoms with van der Waals surface area (Å²) in [5, 5.41) is 6.98. The molecule has 0 aliphatic heterocycles. The Morgan fingerprint density at radius 3 is 2.48 bits per heavy atom. The van der Waals surface area contributed by atoms with Crippen LogP contribution in [0, 0.1) is 0 Å². The molecule has 0 spiro atoms. The van der Waals surface area contributed by atoms with E-state index in [1.54, 1.807) is 60.3 Å². The zero-order valence-electron chi connectivity index (χ0n) is 16.6. The van der Waals surface area contributed by atoms with Crippen LogP contribution in [0.1, 0.15) is 37.2 Å². The van der Waals surface area contributed by atoms with Crippen LogP contribution < -0.4 is 9.62 Å². The fourth-order valence-electron chi connectivity index (χ4n) is 3.02. The van der Waals surface area contributed by atoms with E-state index in [1.165, 1.54) is 16.4 Å². The second-order valence-electron chi connectivity index (χ2n) is 6.74. The molecule has 8 heteroatoms. The van der Waals surface area contributed by atoms with E-state index in [0.29, 0.717) is 11.5 Å². The van der Waals surface area contributed by atoms with Gasteiger partial charge in [-0.2, -0.15) is 5.10 Å². The highest BCUT2D eigenvalue weighted by Crippen LogP contribution is 2.24. The highest BCUT2D eigenvalue weighted by atomic mass is 32.2. The Bertz CT molecular complexity index is 1090. The predicted octanol–water partition coefficient (Wildman–Crippen LogP) is 3.93. The Morgan fingerprint density at radius 1 is 1.10 bits per heavy atom. The molecule has 1 aromatic heterocycles. The Morgan fingerprint density at radius 2 is 1.83 bits per heavy atom. The van der Waals surface area contributed by atoms with E-state index in [0.717, 1.165) is 0 Å². The molecule has 29 heavy (non-hydrogen) atoms. The molecule has 0 radical (unpaired) electrons. The Labute approximate surface area is 171 Å². The normalized spacial score (nSPS) is 11.4. The summed E-state index contributed by atoms with van der Waals surface area (Å²) in [6.07, 6.45) is 1.61. The molecular weight excluding hydrogens is 388 g/mol. The maximum atomic E-state index is 13.2. The standard InChI is InChI=1S/C21H24N4O3S/c1-4-24(18-10-6-5-7-11-18)29(27,28)19-12-8-9-17(15-19)21(26)23-20-13-14-22-25(20)16(2)3/h5-16H,4H2,1-3H3,(H,23,26). The van der Waals surface area contributed by atoms with Gasteiger partial charge in [-0.3, -0.25) is 9.10 Å². The average Bonchev–Trinajstić information content (AvgIpc) is 3.18. The molecular formula is C21H24N4O3S. The molecule has 0 unspecified atom stereocenters. The number of hydrogen-bond acceptors (Lipinski definition) is 4. The fraction of sp³-hybridized carbons (Fsp3) is 0.238. The molecule has 1 heterocycles. The van der Waals surface area contributed by atoms with Crippen LogP contribution in [0.4, 0.5) is 11.5 Å². The average molecular weight is 413 g/mol. The van der Waals surface area contributed by atoms with Gasteiger partial charge in [0.25, 0.3) is 15.9 Å². The van der Waals surface area contributed by atoms with Crippen molar-refractivity contribution in [2.45, 2.75) is 31.7 Å². The summed E-state index contributed by atoms with van der Waals surface area (Å²) in [4.78, 5) is 12.8. The van der Waals surface area contributed by atoms with Crippen molar-refractivity contribution in [1.82, 2.24) is 9.78 Å².